The summed E-state index contributed by atoms with van der Waals surface area (Å²) in [6.45, 7) is 8.07. The molecule has 0 spiro atoms. The lowest BCUT2D eigenvalue weighted by molar-refractivity contribution is 0.491. The molecule has 21 heavy (non-hydrogen) atoms. The van der Waals surface area contributed by atoms with Crippen LogP contribution >= 0.6 is 7.37 Å². The zero-order chi connectivity index (χ0) is 15.6. The predicted octanol–water partition coefficient (Wildman–Crippen LogP) is 4.12. The van der Waals surface area contributed by atoms with Crippen LogP contribution in [0.2, 0.25) is 0 Å². The summed E-state index contributed by atoms with van der Waals surface area (Å²) in [7, 11) is -3.24. The van der Waals surface area contributed by atoms with Gasteiger partial charge >= 0.3 is 0 Å². The highest BCUT2D eigenvalue weighted by molar-refractivity contribution is 7.66. The molecule has 0 bridgehead atoms. The normalized spacial score (nSPS) is 14.0. The monoisotopic (exact) mass is 302 g/mol. The second-order valence-corrected chi connectivity index (χ2v) is 8.22. The minimum absolute atomic E-state index is 0.274. The molecule has 0 fully saturated rings. The summed E-state index contributed by atoms with van der Waals surface area (Å²) in [6, 6.07) is 11.9. The largest absolute Gasteiger partial charge is 0.341 e. The van der Waals surface area contributed by atoms with Crippen molar-refractivity contribution in [2.45, 2.75) is 34.1 Å². The van der Waals surface area contributed by atoms with Crippen molar-refractivity contribution in [3.8, 4) is 0 Å². The highest BCUT2D eigenvalue weighted by atomic mass is 31.2. The third kappa shape index (κ3) is 3.45. The van der Waals surface area contributed by atoms with Crippen LogP contribution in [0.15, 0.2) is 36.4 Å². The molecule has 1 unspecified atom stereocenters. The third-order valence-corrected chi connectivity index (χ3v) is 6.05. The quantitative estimate of drug-likeness (QED) is 0.863. The molecule has 0 aliphatic carbocycles. The average Bonchev–Trinajstić information content (AvgIpc) is 2.43. The van der Waals surface area contributed by atoms with E-state index in [0.717, 1.165) is 5.56 Å². The van der Waals surface area contributed by atoms with Gasteiger partial charge in [-0.1, -0.05) is 42.8 Å². The van der Waals surface area contributed by atoms with Crippen LogP contribution in [0.5, 0.6) is 0 Å². The van der Waals surface area contributed by atoms with Gasteiger partial charge in [0, 0.05) is 11.5 Å². The molecular weight excluding hydrogens is 279 g/mol. The fourth-order valence-electron chi connectivity index (χ4n) is 2.85. The van der Waals surface area contributed by atoms with Crippen LogP contribution in [-0.4, -0.2) is 11.1 Å². The Morgan fingerprint density at radius 2 is 1.62 bits per heavy atom. The van der Waals surface area contributed by atoms with Crippen LogP contribution in [-0.2, 0) is 11.0 Å². The summed E-state index contributed by atoms with van der Waals surface area (Å²) < 4.78 is 12.4. The van der Waals surface area contributed by atoms with Gasteiger partial charge in [0.05, 0.1) is 0 Å². The lowest BCUT2D eigenvalue weighted by Gasteiger charge is -2.17. The second-order valence-electron chi connectivity index (χ2n) is 5.70. The van der Waals surface area contributed by atoms with E-state index in [1.165, 1.54) is 22.3 Å². The molecular formula is C18H23O2P. The van der Waals surface area contributed by atoms with E-state index in [0.29, 0.717) is 11.7 Å². The Kier molecular flexibility index (Phi) is 4.70. The van der Waals surface area contributed by atoms with E-state index < -0.39 is 7.37 Å². The van der Waals surface area contributed by atoms with Crippen LogP contribution in [0.25, 0.3) is 0 Å². The van der Waals surface area contributed by atoms with Crippen molar-refractivity contribution in [2.24, 2.45) is 0 Å². The first-order valence-corrected chi connectivity index (χ1v) is 9.16. The Balaban J connectivity index is 2.49. The molecule has 0 saturated heterocycles. The van der Waals surface area contributed by atoms with Crippen molar-refractivity contribution >= 4 is 12.7 Å². The predicted molar refractivity (Wildman–Crippen MR) is 89.9 cm³/mol. The number of hydrogen-bond acceptors (Lipinski definition) is 1. The van der Waals surface area contributed by atoms with Crippen molar-refractivity contribution in [1.82, 2.24) is 0 Å². The molecule has 0 aliphatic heterocycles. The number of aryl methyl sites for hydroxylation is 3. The van der Waals surface area contributed by atoms with Crippen LogP contribution in [0.3, 0.4) is 0 Å². The molecule has 2 nitrogen and oxygen atoms in total. The van der Waals surface area contributed by atoms with Gasteiger partial charge in [-0.2, -0.15) is 0 Å². The lowest BCUT2D eigenvalue weighted by atomic mass is 9.94. The first kappa shape index (κ1) is 16.0. The summed E-state index contributed by atoms with van der Waals surface area (Å²) in [5, 5.41) is 0.604. The van der Waals surface area contributed by atoms with Crippen LogP contribution < -0.4 is 5.30 Å². The molecule has 1 N–H and O–H groups in total. The van der Waals surface area contributed by atoms with Gasteiger partial charge in [-0.25, -0.2) is 0 Å². The van der Waals surface area contributed by atoms with E-state index in [-0.39, 0.29) is 6.16 Å². The molecule has 1 atom stereocenters. The Bertz CT molecular complexity index is 681. The van der Waals surface area contributed by atoms with Crippen LogP contribution in [0.4, 0.5) is 0 Å². The summed E-state index contributed by atoms with van der Waals surface area (Å²) >= 11 is 0. The first-order chi connectivity index (χ1) is 9.85. The van der Waals surface area contributed by atoms with Gasteiger partial charge in [0.1, 0.15) is 0 Å². The minimum Gasteiger partial charge on any atom is -0.341 e. The van der Waals surface area contributed by atoms with Crippen LogP contribution in [0.1, 0.15) is 34.7 Å². The second kappa shape index (κ2) is 6.17. The van der Waals surface area contributed by atoms with Gasteiger partial charge in [0.15, 0.2) is 0 Å². The van der Waals surface area contributed by atoms with Crippen molar-refractivity contribution in [3.05, 3.63) is 64.2 Å². The van der Waals surface area contributed by atoms with Crippen molar-refractivity contribution in [1.29, 1.82) is 0 Å². The van der Waals surface area contributed by atoms with Gasteiger partial charge < -0.3 is 4.89 Å². The molecule has 0 aliphatic rings. The molecule has 3 heteroatoms. The molecule has 2 aromatic carbocycles. The van der Waals surface area contributed by atoms with E-state index in [1.807, 2.05) is 18.2 Å². The van der Waals surface area contributed by atoms with E-state index in [1.54, 1.807) is 13.0 Å². The minimum atomic E-state index is -3.24. The maximum Gasteiger partial charge on any atom is 0.229 e. The summed E-state index contributed by atoms with van der Waals surface area (Å²) in [4.78, 5) is 10.2. The maximum absolute atomic E-state index is 12.4. The van der Waals surface area contributed by atoms with E-state index in [4.69, 9.17) is 0 Å². The average molecular weight is 302 g/mol. The van der Waals surface area contributed by atoms with Crippen molar-refractivity contribution in [3.63, 3.8) is 0 Å². The van der Waals surface area contributed by atoms with Crippen molar-refractivity contribution in [2.75, 3.05) is 6.16 Å². The zero-order valence-electron chi connectivity index (χ0n) is 13.2. The van der Waals surface area contributed by atoms with E-state index in [2.05, 4.69) is 32.9 Å². The topological polar surface area (TPSA) is 37.3 Å². The molecule has 112 valence electrons. The lowest BCUT2D eigenvalue weighted by Crippen LogP contribution is -2.13. The standard InChI is InChI=1S/C18H23O2P/c1-5-21(19,20)18-9-7-6-8-16(18)12-17-14(3)10-13(2)11-15(17)4/h6-11H,5,12H2,1-4H3,(H,19,20). The Morgan fingerprint density at radius 3 is 2.19 bits per heavy atom. The Morgan fingerprint density at radius 1 is 1.05 bits per heavy atom. The molecule has 0 amide bonds. The number of hydrogen-bond donors (Lipinski definition) is 1. The molecule has 0 radical (unpaired) electrons. The summed E-state index contributed by atoms with van der Waals surface area (Å²) in [6.07, 6.45) is 0.981. The molecule has 0 heterocycles. The third-order valence-electron chi connectivity index (χ3n) is 4.00. The van der Waals surface area contributed by atoms with Crippen LogP contribution in [0, 0.1) is 20.8 Å². The van der Waals surface area contributed by atoms with Gasteiger partial charge in [0.25, 0.3) is 0 Å². The molecule has 0 saturated carbocycles. The fourth-order valence-corrected chi connectivity index (χ4v) is 4.11. The summed E-state index contributed by atoms with van der Waals surface area (Å²) in [5.74, 6) is 0. The smallest absolute Gasteiger partial charge is 0.229 e. The van der Waals surface area contributed by atoms with Gasteiger partial charge in [-0.15, -0.1) is 0 Å². The van der Waals surface area contributed by atoms with Gasteiger partial charge in [0.2, 0.25) is 7.37 Å². The molecule has 0 aromatic heterocycles. The summed E-state index contributed by atoms with van der Waals surface area (Å²) in [5.41, 5.74) is 5.95. The van der Waals surface area contributed by atoms with Gasteiger partial charge in [-0.3, -0.25) is 4.57 Å². The molecule has 2 aromatic rings. The number of rotatable bonds is 4. The Labute approximate surface area is 127 Å². The van der Waals surface area contributed by atoms with E-state index >= 15 is 0 Å². The maximum atomic E-state index is 12.4. The van der Waals surface area contributed by atoms with E-state index in [9.17, 15) is 9.46 Å². The molecule has 2 rings (SSSR count). The highest BCUT2D eigenvalue weighted by Gasteiger charge is 2.22. The number of benzene rings is 2. The highest BCUT2D eigenvalue weighted by Crippen LogP contribution is 2.40. The zero-order valence-corrected chi connectivity index (χ0v) is 14.1. The van der Waals surface area contributed by atoms with Crippen molar-refractivity contribution < 1.29 is 9.46 Å². The first-order valence-electron chi connectivity index (χ1n) is 7.32. The SMILES string of the molecule is CCP(=O)(O)c1ccccc1Cc1c(C)cc(C)cc1C. The Hall–Kier alpha value is -1.37. The van der Waals surface area contributed by atoms with Gasteiger partial charge in [-0.05, 0) is 55.5 Å². The fraction of sp³-hybridized carbons (Fsp3) is 0.333.